The summed E-state index contributed by atoms with van der Waals surface area (Å²) in [6.45, 7) is 5.03. The molecule has 1 fully saturated rings. The van der Waals surface area contributed by atoms with Crippen molar-refractivity contribution in [3.05, 3.63) is 22.8 Å². The first kappa shape index (κ1) is 13.4. The molecule has 3 nitrogen and oxygen atoms in total. The maximum absolute atomic E-state index is 6.26. The standard InChI is InChI=1S/C18H25NO2/c1-11-7-13-9-15-14(8-12(2)20-15)16(17(13)21-11)18(10-19)5-3-4-6-18/h9,11-12H,3-8,10,19H2,1-2H3. The molecule has 0 bridgehead atoms. The molecule has 1 aromatic rings. The highest BCUT2D eigenvalue weighted by molar-refractivity contribution is 5.60. The summed E-state index contributed by atoms with van der Waals surface area (Å²) in [5, 5.41) is 0. The molecule has 0 spiro atoms. The smallest absolute Gasteiger partial charge is 0.127 e. The summed E-state index contributed by atoms with van der Waals surface area (Å²) >= 11 is 0. The number of nitrogens with two attached hydrogens (primary N) is 1. The highest BCUT2D eigenvalue weighted by atomic mass is 16.5. The highest BCUT2D eigenvalue weighted by Crippen LogP contribution is 2.52. The van der Waals surface area contributed by atoms with Crippen LogP contribution in [-0.2, 0) is 18.3 Å². The third kappa shape index (κ3) is 1.90. The predicted molar refractivity (Wildman–Crippen MR) is 83.2 cm³/mol. The lowest BCUT2D eigenvalue weighted by Gasteiger charge is -2.31. The van der Waals surface area contributed by atoms with Crippen LogP contribution in [0.1, 0.15) is 56.2 Å². The number of hydrogen-bond acceptors (Lipinski definition) is 3. The summed E-state index contributed by atoms with van der Waals surface area (Å²) in [6.07, 6.45) is 7.48. The quantitative estimate of drug-likeness (QED) is 0.909. The summed E-state index contributed by atoms with van der Waals surface area (Å²) in [4.78, 5) is 0. The molecule has 21 heavy (non-hydrogen) atoms. The second kappa shape index (κ2) is 4.64. The Morgan fingerprint density at radius 2 is 1.86 bits per heavy atom. The minimum absolute atomic E-state index is 0.118. The zero-order valence-corrected chi connectivity index (χ0v) is 13.1. The van der Waals surface area contributed by atoms with Crippen molar-refractivity contribution >= 4 is 0 Å². The van der Waals surface area contributed by atoms with Crippen molar-refractivity contribution in [2.45, 2.75) is 70.0 Å². The van der Waals surface area contributed by atoms with E-state index in [-0.39, 0.29) is 17.6 Å². The number of rotatable bonds is 2. The average Bonchev–Trinajstić information content (AvgIpc) is 3.13. The van der Waals surface area contributed by atoms with E-state index in [2.05, 4.69) is 19.9 Å². The fraction of sp³-hybridized carbons (Fsp3) is 0.667. The summed E-state index contributed by atoms with van der Waals surface area (Å²) < 4.78 is 12.3. The van der Waals surface area contributed by atoms with Crippen LogP contribution in [0.15, 0.2) is 6.07 Å². The van der Waals surface area contributed by atoms with Crippen LogP contribution in [0.25, 0.3) is 0 Å². The minimum Gasteiger partial charge on any atom is -0.490 e. The van der Waals surface area contributed by atoms with Gasteiger partial charge in [0.2, 0.25) is 0 Å². The molecule has 2 unspecified atom stereocenters. The highest BCUT2D eigenvalue weighted by Gasteiger charge is 2.43. The zero-order valence-electron chi connectivity index (χ0n) is 13.1. The molecule has 2 atom stereocenters. The van der Waals surface area contributed by atoms with Gasteiger partial charge in [-0.25, -0.2) is 0 Å². The van der Waals surface area contributed by atoms with Gasteiger partial charge in [-0.05, 0) is 32.8 Å². The molecule has 4 rings (SSSR count). The van der Waals surface area contributed by atoms with Gasteiger partial charge in [0.25, 0.3) is 0 Å². The van der Waals surface area contributed by atoms with Crippen LogP contribution in [0.3, 0.4) is 0 Å². The van der Waals surface area contributed by atoms with E-state index in [1.807, 2.05) is 0 Å². The van der Waals surface area contributed by atoms with Crippen LogP contribution in [0, 0.1) is 0 Å². The summed E-state index contributed by atoms with van der Waals surface area (Å²) in [7, 11) is 0. The van der Waals surface area contributed by atoms with E-state index in [0.717, 1.165) is 30.9 Å². The van der Waals surface area contributed by atoms with E-state index in [1.165, 1.54) is 42.4 Å². The molecule has 1 aromatic carbocycles. The number of ether oxygens (including phenoxy) is 2. The van der Waals surface area contributed by atoms with Crippen molar-refractivity contribution in [3.8, 4) is 11.5 Å². The third-order valence-corrected chi connectivity index (χ3v) is 5.55. The number of fused-ring (bicyclic) bond motifs is 2. The molecule has 114 valence electrons. The van der Waals surface area contributed by atoms with Crippen molar-refractivity contribution in [2.24, 2.45) is 5.73 Å². The Bertz CT molecular complexity index is 539. The molecule has 3 aliphatic rings. The van der Waals surface area contributed by atoms with Crippen molar-refractivity contribution in [2.75, 3.05) is 6.54 Å². The Kier molecular flexibility index (Phi) is 2.97. The van der Waals surface area contributed by atoms with Crippen LogP contribution >= 0.6 is 0 Å². The lowest BCUT2D eigenvalue weighted by atomic mass is 9.74. The fourth-order valence-electron chi connectivity index (χ4n) is 4.59. The number of hydrogen-bond donors (Lipinski definition) is 1. The summed E-state index contributed by atoms with van der Waals surface area (Å²) in [5.41, 5.74) is 10.5. The van der Waals surface area contributed by atoms with E-state index < -0.39 is 0 Å². The molecule has 1 aliphatic carbocycles. The minimum atomic E-state index is 0.118. The molecule has 0 saturated heterocycles. The van der Waals surface area contributed by atoms with Gasteiger partial charge >= 0.3 is 0 Å². The van der Waals surface area contributed by atoms with Gasteiger partial charge in [-0.15, -0.1) is 0 Å². The first-order chi connectivity index (χ1) is 10.1. The van der Waals surface area contributed by atoms with Crippen molar-refractivity contribution < 1.29 is 9.47 Å². The van der Waals surface area contributed by atoms with Gasteiger partial charge in [0.15, 0.2) is 0 Å². The SMILES string of the molecule is CC1Cc2c(cc3c(c2C2(CN)CCCC2)OC(C)C3)O1. The van der Waals surface area contributed by atoms with Gasteiger partial charge in [0, 0.05) is 41.5 Å². The Morgan fingerprint density at radius 3 is 2.57 bits per heavy atom. The number of benzene rings is 1. The van der Waals surface area contributed by atoms with Crippen LogP contribution < -0.4 is 15.2 Å². The van der Waals surface area contributed by atoms with Crippen molar-refractivity contribution in [3.63, 3.8) is 0 Å². The van der Waals surface area contributed by atoms with Crippen LogP contribution in [0.2, 0.25) is 0 Å². The third-order valence-electron chi connectivity index (χ3n) is 5.55. The Balaban J connectivity index is 1.93. The summed E-state index contributed by atoms with van der Waals surface area (Å²) in [5.74, 6) is 2.24. The molecule has 0 aromatic heterocycles. The maximum atomic E-state index is 6.26. The Labute approximate surface area is 126 Å². The largest absolute Gasteiger partial charge is 0.490 e. The molecular weight excluding hydrogens is 262 g/mol. The topological polar surface area (TPSA) is 44.5 Å². The van der Waals surface area contributed by atoms with Crippen LogP contribution in [0.5, 0.6) is 11.5 Å². The van der Waals surface area contributed by atoms with E-state index in [1.54, 1.807) is 0 Å². The van der Waals surface area contributed by atoms with Crippen molar-refractivity contribution in [1.82, 2.24) is 0 Å². The van der Waals surface area contributed by atoms with Crippen LogP contribution in [0.4, 0.5) is 0 Å². The van der Waals surface area contributed by atoms with E-state index in [9.17, 15) is 0 Å². The van der Waals surface area contributed by atoms with Gasteiger partial charge in [-0.1, -0.05) is 12.8 Å². The van der Waals surface area contributed by atoms with Gasteiger partial charge in [-0.2, -0.15) is 0 Å². The first-order valence-corrected chi connectivity index (χ1v) is 8.35. The van der Waals surface area contributed by atoms with E-state index in [0.29, 0.717) is 0 Å². The van der Waals surface area contributed by atoms with Gasteiger partial charge in [-0.3, -0.25) is 0 Å². The van der Waals surface area contributed by atoms with Crippen LogP contribution in [-0.4, -0.2) is 18.8 Å². The maximum Gasteiger partial charge on any atom is 0.127 e. The zero-order chi connectivity index (χ0) is 14.6. The van der Waals surface area contributed by atoms with Gasteiger partial charge in [0.1, 0.15) is 23.7 Å². The lowest BCUT2D eigenvalue weighted by Crippen LogP contribution is -2.33. The molecule has 0 amide bonds. The average molecular weight is 287 g/mol. The van der Waals surface area contributed by atoms with Crippen molar-refractivity contribution in [1.29, 1.82) is 0 Å². The predicted octanol–water partition coefficient (Wildman–Crippen LogP) is 3.10. The van der Waals surface area contributed by atoms with Gasteiger partial charge < -0.3 is 15.2 Å². The molecule has 2 heterocycles. The summed E-state index contributed by atoms with van der Waals surface area (Å²) in [6, 6.07) is 2.22. The first-order valence-electron chi connectivity index (χ1n) is 8.35. The second-order valence-electron chi connectivity index (χ2n) is 7.17. The monoisotopic (exact) mass is 287 g/mol. The lowest BCUT2D eigenvalue weighted by molar-refractivity contribution is 0.246. The van der Waals surface area contributed by atoms with E-state index >= 15 is 0 Å². The Hall–Kier alpha value is -1.22. The van der Waals surface area contributed by atoms with Gasteiger partial charge in [0.05, 0.1) is 0 Å². The van der Waals surface area contributed by atoms with E-state index in [4.69, 9.17) is 15.2 Å². The molecule has 2 aliphatic heterocycles. The molecular formula is C18H25NO2. The molecule has 3 heteroatoms. The second-order valence-corrected chi connectivity index (χ2v) is 7.17. The Morgan fingerprint density at radius 1 is 1.14 bits per heavy atom. The molecule has 2 N–H and O–H groups in total. The normalized spacial score (nSPS) is 28.9. The molecule has 1 saturated carbocycles. The fourth-order valence-corrected chi connectivity index (χ4v) is 4.59. The molecule has 0 radical (unpaired) electrons.